The molecule has 2 aromatic rings. The number of imide groups is 1. The fraction of sp³-hybridized carbons (Fsp3) is 0.273. The first-order valence-electron chi connectivity index (χ1n) is 12.0. The lowest BCUT2D eigenvalue weighted by molar-refractivity contribution is -0.149. The molecular weight excluding hydrogens is 563 g/mol. The average Bonchev–Trinajstić information content (AvgIpc) is 3.28. The maximum Gasteiger partial charge on any atom is 0.348 e. The van der Waals surface area contributed by atoms with Crippen LogP contribution in [0.2, 0.25) is 15.5 Å². The van der Waals surface area contributed by atoms with Crippen LogP contribution in [-0.4, -0.2) is 125 Å². The summed E-state index contributed by atoms with van der Waals surface area (Å²) in [5, 5.41) is -3.88. The summed E-state index contributed by atoms with van der Waals surface area (Å²) in [7, 11) is 64.1. The minimum Gasteiger partial charge on any atom is -0.352 e. The van der Waals surface area contributed by atoms with Crippen molar-refractivity contribution in [3.63, 3.8) is 0 Å². The Morgan fingerprint density at radius 2 is 1.49 bits per heavy atom. The second-order valence-electron chi connectivity index (χ2n) is 10.2. The lowest BCUT2D eigenvalue weighted by Gasteiger charge is -2.62. The van der Waals surface area contributed by atoms with Gasteiger partial charge in [0.25, 0.3) is 11.8 Å². The molecule has 43 heavy (non-hydrogen) atoms. The van der Waals surface area contributed by atoms with Crippen molar-refractivity contribution in [3.8, 4) is 0 Å². The van der Waals surface area contributed by atoms with Crippen molar-refractivity contribution in [3.05, 3.63) is 45.5 Å². The number of benzene rings is 2. The second-order valence-corrected chi connectivity index (χ2v) is 10.5. The summed E-state index contributed by atoms with van der Waals surface area (Å²) in [6.07, 6.45) is 0. The Hall–Kier alpha value is -2.62. The van der Waals surface area contributed by atoms with Gasteiger partial charge in [0, 0.05) is 28.6 Å². The molecule has 0 aliphatic carbocycles. The Kier molecular flexibility index (Phi) is 8.12. The molecule has 2 aromatic carbocycles. The molecule has 21 heteroatoms. The highest BCUT2D eigenvalue weighted by Crippen LogP contribution is 2.56. The third-order valence-electron chi connectivity index (χ3n) is 7.63. The van der Waals surface area contributed by atoms with E-state index < -0.39 is 85.3 Å². The zero-order valence-electron chi connectivity index (χ0n) is 22.0. The Morgan fingerprint density at radius 3 is 2.02 bits per heavy atom. The number of alkyl halides is 2. The smallest absolute Gasteiger partial charge is 0.348 e. The number of halogens is 3. The van der Waals surface area contributed by atoms with Crippen molar-refractivity contribution in [2.75, 3.05) is 0 Å². The van der Waals surface area contributed by atoms with Crippen LogP contribution in [0.4, 0.5) is 8.78 Å². The van der Waals surface area contributed by atoms with Gasteiger partial charge < -0.3 is 15.0 Å². The van der Waals surface area contributed by atoms with Gasteiger partial charge in [0.15, 0.2) is 0 Å². The van der Waals surface area contributed by atoms with E-state index in [1.807, 2.05) is 5.32 Å². The number of nitrogens with zero attached hydrogens (tertiary/aromatic N) is 2. The highest BCUT2D eigenvalue weighted by atomic mass is 35.5. The fourth-order valence-corrected chi connectivity index (χ4v) is 5.07. The molecular formula is C22H7B11ClF2N3O4. The molecule has 22 radical (unpaired) electrons. The van der Waals surface area contributed by atoms with E-state index in [0.29, 0.717) is 4.90 Å². The van der Waals surface area contributed by atoms with Crippen molar-refractivity contribution >= 4 is 144 Å². The van der Waals surface area contributed by atoms with E-state index in [-0.39, 0.29) is 26.5 Å². The maximum absolute atomic E-state index is 15.3. The van der Waals surface area contributed by atoms with Crippen LogP contribution >= 0.6 is 11.6 Å². The zero-order chi connectivity index (χ0) is 32.8. The van der Waals surface area contributed by atoms with Gasteiger partial charge in [0.05, 0.1) is 36.8 Å². The molecule has 7 nitrogen and oxygen atoms in total. The molecule has 2 unspecified atom stereocenters. The third-order valence-corrected chi connectivity index (χ3v) is 8.04. The Labute approximate surface area is 265 Å². The number of hydrogen-bond acceptors (Lipinski definition) is 4. The number of rotatable bonds is 5. The van der Waals surface area contributed by atoms with Gasteiger partial charge in [-0.2, -0.15) is 8.78 Å². The number of hydrogen-bond donors (Lipinski definition) is 1. The van der Waals surface area contributed by atoms with Gasteiger partial charge in [-0.3, -0.25) is 19.2 Å². The van der Waals surface area contributed by atoms with Gasteiger partial charge >= 0.3 is 5.92 Å². The van der Waals surface area contributed by atoms with Crippen LogP contribution in [-0.2, 0) is 26.9 Å². The summed E-state index contributed by atoms with van der Waals surface area (Å²) in [6, 6.07) is 3.69. The van der Waals surface area contributed by atoms with E-state index in [0.717, 1.165) is 0 Å². The summed E-state index contributed by atoms with van der Waals surface area (Å²) >= 11 is 5.85. The Balaban J connectivity index is 1.64. The van der Waals surface area contributed by atoms with Crippen LogP contribution in [0.15, 0.2) is 18.2 Å². The molecule has 4 amide bonds. The largest absolute Gasteiger partial charge is 0.352 e. The zero-order valence-corrected chi connectivity index (χ0v) is 22.8. The van der Waals surface area contributed by atoms with Crippen LogP contribution in [0.3, 0.4) is 0 Å². The number of fused-ring (bicyclic) bond motifs is 1. The number of carbonyl (C=O) groups excluding carboxylic acids is 4. The fourth-order valence-electron chi connectivity index (χ4n) is 4.87. The molecule has 1 N–H and O–H groups in total. The number of carbonyl (C=O) groups is 4. The summed E-state index contributed by atoms with van der Waals surface area (Å²) in [6.45, 7) is -0.480. The highest BCUT2D eigenvalue weighted by Gasteiger charge is 2.64. The normalized spacial score (nSPS) is 21.9. The monoisotopic (exact) mass is 571 g/mol. The van der Waals surface area contributed by atoms with Crippen molar-refractivity contribution in [1.29, 1.82) is 0 Å². The molecule has 188 valence electrons. The van der Waals surface area contributed by atoms with Crippen LogP contribution in [0.5, 0.6) is 0 Å². The number of piperidine rings is 1. The Bertz CT molecular complexity index is 1600. The van der Waals surface area contributed by atoms with Gasteiger partial charge in [0.1, 0.15) is 47.1 Å². The number of amides is 4. The Morgan fingerprint density at radius 1 is 0.953 bits per heavy atom. The quantitative estimate of drug-likeness (QED) is 0.288. The first kappa shape index (κ1) is 33.3. The van der Waals surface area contributed by atoms with Gasteiger partial charge in [0.2, 0.25) is 19.8 Å². The van der Waals surface area contributed by atoms with Gasteiger partial charge in [-0.25, -0.2) is 0 Å². The van der Waals surface area contributed by atoms with E-state index in [1.54, 1.807) is 0 Å². The summed E-state index contributed by atoms with van der Waals surface area (Å²) in [4.78, 5) is 52.2. The second kappa shape index (κ2) is 10.5. The molecule has 1 fully saturated rings. The molecule has 2 heterocycles. The molecule has 2 atom stereocenters. The van der Waals surface area contributed by atoms with Gasteiger partial charge in [-0.15, -0.1) is 0 Å². The topological polar surface area (TPSA) is 86.8 Å². The van der Waals surface area contributed by atoms with E-state index in [4.69, 9.17) is 98.0 Å². The molecule has 2 aliphatic rings. The minimum atomic E-state index is -4.39. The highest BCUT2D eigenvalue weighted by molar-refractivity contribution is 6.68. The van der Waals surface area contributed by atoms with Crippen molar-refractivity contribution in [2.45, 2.75) is 34.3 Å². The standard InChI is InChI=1S/C22H7B11ClF2N3O4/c23-9-8(10(24)12(26)13(34)11(9)25)19(35,36)16(41)37-14(27)5-1-2-7-6(3-5)4-38(15(7)40)21(30)18(43)39(33)17(42)20(28,29)22(21,31)32/h1-3,14H,4H2,(H,37,41). The molecule has 0 spiro atoms. The van der Waals surface area contributed by atoms with E-state index in [1.165, 1.54) is 18.2 Å². The summed E-state index contributed by atoms with van der Waals surface area (Å²) < 4.78 is 30.6. The van der Waals surface area contributed by atoms with Crippen LogP contribution in [0.25, 0.3) is 0 Å². The van der Waals surface area contributed by atoms with Crippen LogP contribution in [0.1, 0.15) is 33.0 Å². The lowest BCUT2D eigenvalue weighted by atomic mass is 9.21. The van der Waals surface area contributed by atoms with Crippen molar-refractivity contribution in [2.24, 2.45) is 0 Å². The summed E-state index contributed by atoms with van der Waals surface area (Å²) in [5.41, 5.74) is -6.35. The SMILES string of the molecule is [B]c1c([B])c(C(F)(F)C(=O)NC([B])c2ccc3c(c2)CN(C2([B])C(=O)N([B])C(=O)C([B])([B])C2([B])[B])C3=O)c([B])c([B])c1Cl. The molecule has 0 saturated carbocycles. The molecule has 0 aromatic heterocycles. The summed E-state index contributed by atoms with van der Waals surface area (Å²) in [5.74, 6) is -11.6. The maximum atomic E-state index is 15.3. The van der Waals surface area contributed by atoms with Crippen LogP contribution < -0.4 is 27.2 Å². The van der Waals surface area contributed by atoms with E-state index in [2.05, 4.69) is 0 Å². The van der Waals surface area contributed by atoms with Gasteiger partial charge in [-0.05, 0) is 22.4 Å². The molecule has 2 aliphatic heterocycles. The van der Waals surface area contributed by atoms with Crippen molar-refractivity contribution < 1.29 is 28.0 Å². The van der Waals surface area contributed by atoms with E-state index in [9.17, 15) is 19.2 Å². The van der Waals surface area contributed by atoms with Gasteiger partial charge in [-0.1, -0.05) is 50.8 Å². The predicted octanol–water partition coefficient (Wildman–Crippen LogP) is -5.23. The third kappa shape index (κ3) is 4.52. The number of nitrogens with one attached hydrogen (secondary N) is 1. The minimum absolute atomic E-state index is 0.00667. The van der Waals surface area contributed by atoms with E-state index >= 15 is 8.78 Å². The molecule has 0 bridgehead atoms. The average molecular weight is 570 g/mol. The predicted molar refractivity (Wildman–Crippen MR) is 164 cm³/mol. The first-order chi connectivity index (χ1) is 19.6. The molecule has 4 rings (SSSR count). The van der Waals surface area contributed by atoms with Crippen molar-refractivity contribution in [1.82, 2.24) is 15.0 Å². The first-order valence-corrected chi connectivity index (χ1v) is 12.3. The lowest BCUT2D eigenvalue weighted by Crippen LogP contribution is -2.75. The molecule has 1 saturated heterocycles. The van der Waals surface area contributed by atoms with Crippen LogP contribution in [0, 0.1) is 0 Å².